The first-order valence-corrected chi connectivity index (χ1v) is 5.33. The third-order valence-corrected chi connectivity index (χ3v) is 2.42. The number of hydrogen-bond donors (Lipinski definition) is 3. The Bertz CT molecular complexity index is 533. The molecule has 1 rings (SSSR count). The van der Waals surface area contributed by atoms with E-state index in [-0.39, 0.29) is 10.6 Å². The molecule has 1 aromatic rings. The number of nitrogens with one attached hydrogen (secondary N) is 1. The first-order valence-electron chi connectivity index (χ1n) is 4.95. The number of carbonyl (C=O) groups is 2. The van der Waals surface area contributed by atoms with Gasteiger partial charge < -0.3 is 15.5 Å². The minimum absolute atomic E-state index is 0.0696. The van der Waals surface area contributed by atoms with Crippen molar-refractivity contribution in [2.75, 3.05) is 6.61 Å². The molecule has 0 radical (unpaired) electrons. The monoisotopic (exact) mass is 288 g/mol. The van der Waals surface area contributed by atoms with Crippen LogP contribution in [-0.2, 0) is 4.79 Å². The van der Waals surface area contributed by atoms with Crippen LogP contribution >= 0.6 is 11.6 Å². The molecular weight excluding hydrogens is 280 g/mol. The molecule has 0 unspecified atom stereocenters. The number of carboxylic acid groups (broad SMARTS) is 1. The highest BCUT2D eigenvalue weighted by atomic mass is 35.5. The van der Waals surface area contributed by atoms with Crippen LogP contribution < -0.4 is 5.32 Å². The number of aliphatic carboxylic acids is 1. The zero-order valence-corrected chi connectivity index (χ0v) is 10.1. The molecule has 0 bridgehead atoms. The van der Waals surface area contributed by atoms with Crippen molar-refractivity contribution in [2.45, 2.75) is 6.04 Å². The van der Waals surface area contributed by atoms with Gasteiger partial charge in [0, 0.05) is 11.1 Å². The van der Waals surface area contributed by atoms with Crippen molar-refractivity contribution < 1.29 is 24.7 Å². The molecule has 102 valence electrons. The second kappa shape index (κ2) is 6.12. The van der Waals surface area contributed by atoms with Crippen LogP contribution in [0.15, 0.2) is 18.2 Å². The summed E-state index contributed by atoms with van der Waals surface area (Å²) >= 11 is 5.58. The van der Waals surface area contributed by atoms with Gasteiger partial charge in [-0.25, -0.2) is 4.79 Å². The van der Waals surface area contributed by atoms with Crippen LogP contribution in [0.25, 0.3) is 0 Å². The van der Waals surface area contributed by atoms with Crippen LogP contribution in [0.2, 0.25) is 5.02 Å². The van der Waals surface area contributed by atoms with Crippen LogP contribution in [-0.4, -0.2) is 39.7 Å². The molecular formula is C10H9ClN2O6. The molecule has 9 heteroatoms. The summed E-state index contributed by atoms with van der Waals surface area (Å²) in [5.74, 6) is -2.43. The van der Waals surface area contributed by atoms with E-state index in [2.05, 4.69) is 0 Å². The fourth-order valence-corrected chi connectivity index (χ4v) is 1.44. The molecule has 3 N–H and O–H groups in total. The first-order chi connectivity index (χ1) is 8.86. The average Bonchev–Trinajstić information content (AvgIpc) is 2.34. The van der Waals surface area contributed by atoms with E-state index in [1.807, 2.05) is 5.32 Å². The van der Waals surface area contributed by atoms with E-state index in [9.17, 15) is 19.7 Å². The number of benzene rings is 1. The van der Waals surface area contributed by atoms with Crippen molar-refractivity contribution in [1.29, 1.82) is 0 Å². The summed E-state index contributed by atoms with van der Waals surface area (Å²) in [5.41, 5.74) is -0.888. The summed E-state index contributed by atoms with van der Waals surface area (Å²) < 4.78 is 0. The zero-order chi connectivity index (χ0) is 14.6. The highest BCUT2D eigenvalue weighted by molar-refractivity contribution is 6.31. The predicted octanol–water partition coefficient (Wildman–Crippen LogP) is 0.424. The lowest BCUT2D eigenvalue weighted by Crippen LogP contribution is -2.43. The van der Waals surface area contributed by atoms with Crippen molar-refractivity contribution in [2.24, 2.45) is 0 Å². The average molecular weight is 289 g/mol. The maximum absolute atomic E-state index is 11.7. The van der Waals surface area contributed by atoms with Gasteiger partial charge >= 0.3 is 5.97 Å². The molecule has 8 nitrogen and oxygen atoms in total. The van der Waals surface area contributed by atoms with Gasteiger partial charge in [0.15, 0.2) is 6.04 Å². The highest BCUT2D eigenvalue weighted by Crippen LogP contribution is 2.23. The third kappa shape index (κ3) is 3.63. The number of carbonyl (C=O) groups excluding carboxylic acids is 1. The second-order valence-corrected chi connectivity index (χ2v) is 3.90. The van der Waals surface area contributed by atoms with Crippen LogP contribution in [0.4, 0.5) is 5.69 Å². The Labute approximate surface area is 111 Å². The number of nitro benzene ring substituents is 1. The highest BCUT2D eigenvalue weighted by Gasteiger charge is 2.25. The Balaban J connectivity index is 3.06. The van der Waals surface area contributed by atoms with E-state index < -0.39 is 35.1 Å². The van der Waals surface area contributed by atoms with Gasteiger partial charge in [0.1, 0.15) is 5.56 Å². The summed E-state index contributed by atoms with van der Waals surface area (Å²) in [4.78, 5) is 32.3. The summed E-state index contributed by atoms with van der Waals surface area (Å²) in [5, 5.41) is 30.2. The van der Waals surface area contributed by atoms with Crippen molar-refractivity contribution in [3.63, 3.8) is 0 Å². The van der Waals surface area contributed by atoms with Gasteiger partial charge in [-0.15, -0.1) is 0 Å². The van der Waals surface area contributed by atoms with Gasteiger partial charge in [-0.05, 0) is 12.1 Å². The third-order valence-electron chi connectivity index (χ3n) is 2.19. The number of rotatable bonds is 5. The number of hydrogen-bond acceptors (Lipinski definition) is 5. The van der Waals surface area contributed by atoms with Gasteiger partial charge in [0.25, 0.3) is 11.6 Å². The van der Waals surface area contributed by atoms with Crippen molar-refractivity contribution in [1.82, 2.24) is 5.32 Å². The van der Waals surface area contributed by atoms with Gasteiger partial charge in [0.05, 0.1) is 11.5 Å². The van der Waals surface area contributed by atoms with Crippen molar-refractivity contribution in [3.8, 4) is 0 Å². The van der Waals surface area contributed by atoms with E-state index in [0.29, 0.717) is 0 Å². The number of halogens is 1. The standard InChI is InChI=1S/C10H9ClN2O6/c11-5-1-2-6(8(3-5)13(18)19)9(15)12-7(4-14)10(16)17/h1-3,7,14H,4H2,(H,12,15)(H,16,17)/t7-/m1/s1. The minimum Gasteiger partial charge on any atom is -0.480 e. The maximum atomic E-state index is 11.7. The SMILES string of the molecule is O=C(N[C@H](CO)C(=O)O)c1ccc(Cl)cc1[N+](=O)[O-]. The summed E-state index contributed by atoms with van der Waals surface area (Å²) in [6.45, 7) is -0.831. The van der Waals surface area contributed by atoms with Gasteiger partial charge in [-0.1, -0.05) is 11.6 Å². The largest absolute Gasteiger partial charge is 0.480 e. The molecule has 0 aliphatic rings. The van der Waals surface area contributed by atoms with E-state index in [0.717, 1.165) is 12.1 Å². The minimum atomic E-state index is -1.54. The van der Waals surface area contributed by atoms with Crippen LogP contribution in [0.5, 0.6) is 0 Å². The summed E-state index contributed by atoms with van der Waals surface area (Å²) in [6, 6.07) is 1.80. The fraction of sp³-hybridized carbons (Fsp3) is 0.200. The van der Waals surface area contributed by atoms with E-state index in [1.54, 1.807) is 0 Å². The maximum Gasteiger partial charge on any atom is 0.328 e. The van der Waals surface area contributed by atoms with Crippen LogP contribution in [0, 0.1) is 10.1 Å². The lowest BCUT2D eigenvalue weighted by atomic mass is 10.1. The summed E-state index contributed by atoms with van der Waals surface area (Å²) in [6.07, 6.45) is 0. The fourth-order valence-electron chi connectivity index (χ4n) is 1.27. The molecule has 19 heavy (non-hydrogen) atoms. The summed E-state index contributed by atoms with van der Waals surface area (Å²) in [7, 11) is 0. The van der Waals surface area contributed by atoms with Crippen molar-refractivity contribution >= 4 is 29.2 Å². The van der Waals surface area contributed by atoms with Crippen LogP contribution in [0.3, 0.4) is 0 Å². The number of nitrogens with zero attached hydrogens (tertiary/aromatic N) is 1. The number of amides is 1. The van der Waals surface area contributed by atoms with Gasteiger partial charge in [-0.2, -0.15) is 0 Å². The quantitative estimate of drug-likeness (QED) is 0.532. The normalized spacial score (nSPS) is 11.7. The Morgan fingerprint density at radius 1 is 1.47 bits per heavy atom. The van der Waals surface area contributed by atoms with E-state index in [1.165, 1.54) is 6.07 Å². The number of aliphatic hydroxyl groups is 1. The molecule has 0 saturated carbocycles. The molecule has 0 aliphatic carbocycles. The van der Waals surface area contributed by atoms with Crippen LogP contribution in [0.1, 0.15) is 10.4 Å². The molecule has 0 heterocycles. The smallest absolute Gasteiger partial charge is 0.328 e. The van der Waals surface area contributed by atoms with E-state index in [4.69, 9.17) is 21.8 Å². The molecule has 0 saturated heterocycles. The molecule has 0 spiro atoms. The molecule has 1 amide bonds. The molecule has 0 fully saturated rings. The molecule has 1 atom stereocenters. The number of aliphatic hydroxyl groups excluding tert-OH is 1. The Hall–Kier alpha value is -2.19. The van der Waals surface area contributed by atoms with Crippen molar-refractivity contribution in [3.05, 3.63) is 38.9 Å². The topological polar surface area (TPSA) is 130 Å². The lowest BCUT2D eigenvalue weighted by molar-refractivity contribution is -0.385. The lowest BCUT2D eigenvalue weighted by Gasteiger charge is -2.11. The van der Waals surface area contributed by atoms with Gasteiger partial charge in [0.2, 0.25) is 0 Å². The zero-order valence-electron chi connectivity index (χ0n) is 9.37. The Kier molecular flexibility index (Phi) is 4.79. The van der Waals surface area contributed by atoms with E-state index >= 15 is 0 Å². The first kappa shape index (κ1) is 14.9. The van der Waals surface area contributed by atoms with Gasteiger partial charge in [-0.3, -0.25) is 14.9 Å². The predicted molar refractivity (Wildman–Crippen MR) is 64.1 cm³/mol. The molecule has 0 aliphatic heterocycles. The number of nitro groups is 1. The Morgan fingerprint density at radius 3 is 2.58 bits per heavy atom. The molecule has 1 aromatic carbocycles. The molecule has 0 aromatic heterocycles. The second-order valence-electron chi connectivity index (χ2n) is 3.47. The number of carboxylic acids is 1. The Morgan fingerprint density at radius 2 is 2.11 bits per heavy atom.